The first-order valence-corrected chi connectivity index (χ1v) is 7.46. The molecule has 1 aliphatic rings. The lowest BCUT2D eigenvalue weighted by molar-refractivity contribution is -0.117. The van der Waals surface area contributed by atoms with E-state index in [2.05, 4.69) is 0 Å². The Kier molecular flexibility index (Phi) is 4.50. The van der Waals surface area contributed by atoms with Crippen molar-refractivity contribution < 1.29 is 4.79 Å². The molecule has 0 bridgehead atoms. The van der Waals surface area contributed by atoms with Gasteiger partial charge in [-0.25, -0.2) is 4.79 Å². The Morgan fingerprint density at radius 1 is 1.05 bits per heavy atom. The highest BCUT2D eigenvalue weighted by atomic mass is 16.2. The van der Waals surface area contributed by atoms with Crippen LogP contribution in [0.3, 0.4) is 0 Å². The first-order chi connectivity index (χ1) is 10.0. The Bertz CT molecular complexity index is 659. The number of nitrogens with two attached hydrogens (primary N) is 1. The van der Waals surface area contributed by atoms with Crippen LogP contribution in [-0.4, -0.2) is 21.6 Å². The largest absolute Gasteiger partial charge is 0.383 e. The molecule has 0 atom stereocenters. The first kappa shape index (κ1) is 15.3. The number of hydrogen-bond donors (Lipinski definition) is 1. The predicted molar refractivity (Wildman–Crippen MR) is 81.5 cm³/mol. The number of carbonyl (C=O) groups is 1. The minimum absolute atomic E-state index is 0.106. The van der Waals surface area contributed by atoms with E-state index < -0.39 is 11.2 Å². The van der Waals surface area contributed by atoms with Crippen molar-refractivity contribution in [1.29, 1.82) is 0 Å². The molecule has 21 heavy (non-hydrogen) atoms. The maximum atomic E-state index is 12.6. The van der Waals surface area contributed by atoms with Gasteiger partial charge in [-0.15, -0.1) is 0 Å². The zero-order valence-electron chi connectivity index (χ0n) is 12.6. The molecule has 1 fully saturated rings. The normalized spacial score (nSPS) is 15.0. The number of nitrogens with zero attached hydrogens (tertiary/aromatic N) is 3. The molecule has 0 aromatic carbocycles. The van der Waals surface area contributed by atoms with Crippen LogP contribution in [-0.2, 0) is 17.9 Å². The van der Waals surface area contributed by atoms with Gasteiger partial charge in [0, 0.05) is 26.1 Å². The lowest BCUT2D eigenvalue weighted by atomic mass is 10.3. The topological polar surface area (TPSA) is 90.3 Å². The smallest absolute Gasteiger partial charge is 0.332 e. The highest BCUT2D eigenvalue weighted by molar-refractivity contribution is 5.97. The molecule has 0 radical (unpaired) electrons. The monoisotopic (exact) mass is 294 g/mol. The Morgan fingerprint density at radius 3 is 2.19 bits per heavy atom. The van der Waals surface area contributed by atoms with E-state index in [0.29, 0.717) is 38.9 Å². The zero-order chi connectivity index (χ0) is 15.6. The van der Waals surface area contributed by atoms with Gasteiger partial charge in [0.1, 0.15) is 5.82 Å². The summed E-state index contributed by atoms with van der Waals surface area (Å²) in [6.07, 6.45) is 2.51. The van der Waals surface area contributed by atoms with E-state index in [1.165, 1.54) is 14.0 Å². The van der Waals surface area contributed by atoms with E-state index in [-0.39, 0.29) is 17.4 Å². The van der Waals surface area contributed by atoms with Crippen molar-refractivity contribution in [2.45, 2.75) is 52.6 Å². The third-order valence-electron chi connectivity index (χ3n) is 3.68. The molecule has 0 aliphatic carbocycles. The van der Waals surface area contributed by atoms with E-state index in [1.807, 2.05) is 13.8 Å². The van der Waals surface area contributed by atoms with Gasteiger partial charge in [-0.1, -0.05) is 13.8 Å². The van der Waals surface area contributed by atoms with Crippen molar-refractivity contribution in [3.63, 3.8) is 0 Å². The number of aromatic nitrogens is 2. The number of anilines is 2. The summed E-state index contributed by atoms with van der Waals surface area (Å²) < 4.78 is 2.59. The molecule has 7 heteroatoms. The second-order valence-electron chi connectivity index (χ2n) is 5.27. The summed E-state index contributed by atoms with van der Waals surface area (Å²) in [5, 5.41) is 0. The first-order valence-electron chi connectivity index (χ1n) is 7.46. The molecule has 0 spiro atoms. The molecule has 116 valence electrons. The van der Waals surface area contributed by atoms with Gasteiger partial charge in [-0.2, -0.15) is 0 Å². The molecule has 1 aromatic rings. The average Bonchev–Trinajstić information content (AvgIpc) is 2.86. The zero-order valence-corrected chi connectivity index (χ0v) is 12.6. The molecule has 2 heterocycles. The van der Waals surface area contributed by atoms with Crippen LogP contribution in [0, 0.1) is 0 Å². The number of nitrogen functional groups attached to an aromatic ring is 1. The summed E-state index contributed by atoms with van der Waals surface area (Å²) in [5.41, 5.74) is 5.35. The van der Waals surface area contributed by atoms with Crippen molar-refractivity contribution in [1.82, 2.24) is 9.13 Å². The molecule has 2 N–H and O–H groups in total. The van der Waals surface area contributed by atoms with Gasteiger partial charge >= 0.3 is 5.69 Å². The standard InChI is InChI=1S/C14H22N4O3/c1-3-7-17-12(15)11(16-9-5-6-10(16)19)13(20)18(8-4-2)14(17)21/h3-9,15H2,1-2H3. The van der Waals surface area contributed by atoms with Crippen molar-refractivity contribution in [2.24, 2.45) is 0 Å². The highest BCUT2D eigenvalue weighted by Crippen LogP contribution is 2.23. The minimum Gasteiger partial charge on any atom is -0.383 e. The molecule has 1 amide bonds. The van der Waals surface area contributed by atoms with Crippen LogP contribution in [0.4, 0.5) is 11.5 Å². The molecule has 0 saturated carbocycles. The molecule has 0 unspecified atom stereocenters. The maximum Gasteiger partial charge on any atom is 0.332 e. The fourth-order valence-corrected chi connectivity index (χ4v) is 2.70. The van der Waals surface area contributed by atoms with Crippen LogP contribution in [0.15, 0.2) is 9.59 Å². The lowest BCUT2D eigenvalue weighted by Crippen LogP contribution is -2.45. The van der Waals surface area contributed by atoms with Crippen molar-refractivity contribution in [3.8, 4) is 0 Å². The highest BCUT2D eigenvalue weighted by Gasteiger charge is 2.29. The van der Waals surface area contributed by atoms with E-state index in [0.717, 1.165) is 6.42 Å². The van der Waals surface area contributed by atoms with Gasteiger partial charge in [0.25, 0.3) is 5.56 Å². The van der Waals surface area contributed by atoms with Gasteiger partial charge in [0.05, 0.1) is 0 Å². The summed E-state index contributed by atoms with van der Waals surface area (Å²) in [4.78, 5) is 38.3. The maximum absolute atomic E-state index is 12.6. The third kappa shape index (κ3) is 2.59. The molecule has 1 aromatic heterocycles. The van der Waals surface area contributed by atoms with Gasteiger partial charge in [-0.3, -0.25) is 18.7 Å². The summed E-state index contributed by atoms with van der Waals surface area (Å²) in [6, 6.07) is 0. The molecule has 2 rings (SSSR count). The van der Waals surface area contributed by atoms with Gasteiger partial charge in [0.2, 0.25) is 5.91 Å². The van der Waals surface area contributed by atoms with E-state index in [1.54, 1.807) is 0 Å². The van der Waals surface area contributed by atoms with E-state index >= 15 is 0 Å². The molecule has 1 aliphatic heterocycles. The van der Waals surface area contributed by atoms with Crippen molar-refractivity contribution in [2.75, 3.05) is 17.2 Å². The lowest BCUT2D eigenvalue weighted by Gasteiger charge is -2.21. The minimum atomic E-state index is -0.457. The van der Waals surface area contributed by atoms with E-state index in [9.17, 15) is 14.4 Å². The van der Waals surface area contributed by atoms with Gasteiger partial charge in [-0.05, 0) is 19.3 Å². The van der Waals surface area contributed by atoms with Gasteiger partial charge in [0.15, 0.2) is 5.69 Å². The molecule has 7 nitrogen and oxygen atoms in total. The van der Waals surface area contributed by atoms with E-state index in [4.69, 9.17) is 5.73 Å². The van der Waals surface area contributed by atoms with Crippen molar-refractivity contribution >= 4 is 17.4 Å². The summed E-state index contributed by atoms with van der Waals surface area (Å²) in [6.45, 7) is 5.07. The Labute approximate surface area is 123 Å². The molecular formula is C14H22N4O3. The van der Waals surface area contributed by atoms with Crippen LogP contribution in [0.25, 0.3) is 0 Å². The number of rotatable bonds is 5. The average molecular weight is 294 g/mol. The quantitative estimate of drug-likeness (QED) is 0.858. The molecular weight excluding hydrogens is 272 g/mol. The second-order valence-corrected chi connectivity index (χ2v) is 5.27. The Hall–Kier alpha value is -2.05. The summed E-state index contributed by atoms with van der Waals surface area (Å²) >= 11 is 0. The summed E-state index contributed by atoms with van der Waals surface area (Å²) in [5.74, 6) is -0.00185. The van der Waals surface area contributed by atoms with Crippen LogP contribution >= 0.6 is 0 Å². The predicted octanol–water partition coefficient (Wildman–Crippen LogP) is 0.539. The Morgan fingerprint density at radius 2 is 1.67 bits per heavy atom. The van der Waals surface area contributed by atoms with Crippen molar-refractivity contribution in [3.05, 3.63) is 20.8 Å². The van der Waals surface area contributed by atoms with Crippen LogP contribution in [0.2, 0.25) is 0 Å². The van der Waals surface area contributed by atoms with Crippen LogP contribution < -0.4 is 21.9 Å². The second kappa shape index (κ2) is 6.15. The van der Waals surface area contributed by atoms with Crippen LogP contribution in [0.5, 0.6) is 0 Å². The SMILES string of the molecule is CCCn1c(N)c(N2CCCC2=O)c(=O)n(CCC)c1=O. The number of hydrogen-bond acceptors (Lipinski definition) is 4. The third-order valence-corrected chi connectivity index (χ3v) is 3.68. The fraction of sp³-hybridized carbons (Fsp3) is 0.643. The Balaban J connectivity index is 2.71. The summed E-state index contributed by atoms with van der Waals surface area (Å²) in [7, 11) is 0. The number of amides is 1. The number of carbonyl (C=O) groups excluding carboxylic acids is 1. The van der Waals surface area contributed by atoms with Crippen LogP contribution in [0.1, 0.15) is 39.5 Å². The molecule has 1 saturated heterocycles. The fourth-order valence-electron chi connectivity index (χ4n) is 2.70. The van der Waals surface area contributed by atoms with Gasteiger partial charge < -0.3 is 10.6 Å².